The van der Waals surface area contributed by atoms with E-state index in [0.29, 0.717) is 6.32 Å². The molecule has 1 rings (SSSR count). The van der Waals surface area contributed by atoms with Gasteiger partial charge in [0.2, 0.25) is 0 Å². The van der Waals surface area contributed by atoms with E-state index in [1.807, 2.05) is 37.4 Å². The van der Waals surface area contributed by atoms with Gasteiger partial charge in [0.25, 0.3) is 0 Å². The van der Waals surface area contributed by atoms with Gasteiger partial charge in [-0.15, -0.1) is 0 Å². The minimum atomic E-state index is -1.17. The summed E-state index contributed by atoms with van der Waals surface area (Å²) in [6, 6.07) is 5.88. The molecule has 19 heavy (non-hydrogen) atoms. The lowest BCUT2D eigenvalue weighted by Gasteiger charge is -2.05. The van der Waals surface area contributed by atoms with Gasteiger partial charge in [-0.1, -0.05) is 25.0 Å². The van der Waals surface area contributed by atoms with E-state index in [1.54, 1.807) is 0 Å². The zero-order valence-corrected chi connectivity index (χ0v) is 11.5. The first-order valence-electron chi connectivity index (χ1n) is 6.72. The maximum absolute atomic E-state index is 8.69. The summed E-state index contributed by atoms with van der Waals surface area (Å²) in [6.45, 7) is 2.92. The van der Waals surface area contributed by atoms with Crippen molar-refractivity contribution in [2.24, 2.45) is 0 Å². The maximum atomic E-state index is 8.69. The predicted molar refractivity (Wildman–Crippen MR) is 81.5 cm³/mol. The van der Waals surface area contributed by atoms with Crippen LogP contribution < -0.4 is 11.1 Å². The fourth-order valence-corrected chi connectivity index (χ4v) is 1.89. The molecule has 1 aromatic carbocycles. The van der Waals surface area contributed by atoms with Crippen molar-refractivity contribution in [1.82, 2.24) is 5.32 Å². The lowest BCUT2D eigenvalue weighted by atomic mass is 9.83. The van der Waals surface area contributed by atoms with Crippen molar-refractivity contribution in [3.8, 4) is 0 Å². The highest BCUT2D eigenvalue weighted by atomic mass is 16.4. The van der Waals surface area contributed by atoms with Gasteiger partial charge >= 0.3 is 7.12 Å². The lowest BCUT2D eigenvalue weighted by Crippen LogP contribution is -2.10. The molecule has 0 saturated heterocycles. The van der Waals surface area contributed by atoms with Crippen LogP contribution in [-0.2, 0) is 0 Å². The number of nitrogens with two attached hydrogens (primary N) is 1. The van der Waals surface area contributed by atoms with Crippen LogP contribution in [0.5, 0.6) is 0 Å². The van der Waals surface area contributed by atoms with Gasteiger partial charge in [0.15, 0.2) is 0 Å². The lowest BCUT2D eigenvalue weighted by molar-refractivity contribution is 0.401. The fraction of sp³-hybridized carbons (Fsp3) is 0.429. The number of nitrogens with one attached hydrogen (secondary N) is 1. The summed E-state index contributed by atoms with van der Waals surface area (Å²) in [5.41, 5.74) is 8.91. The Morgan fingerprint density at radius 2 is 2.05 bits per heavy atom. The Morgan fingerprint density at radius 3 is 2.74 bits per heavy atom. The van der Waals surface area contributed by atoms with Gasteiger partial charge in [-0.2, -0.15) is 0 Å². The molecule has 0 radical (unpaired) electrons. The number of rotatable bonds is 8. The molecule has 1 aromatic rings. The highest BCUT2D eigenvalue weighted by Crippen LogP contribution is 2.17. The molecule has 104 valence electrons. The van der Waals surface area contributed by atoms with Crippen molar-refractivity contribution in [3.63, 3.8) is 0 Å². The van der Waals surface area contributed by atoms with E-state index in [9.17, 15) is 0 Å². The van der Waals surface area contributed by atoms with Crippen LogP contribution in [-0.4, -0.2) is 23.7 Å². The molecular weight excluding hydrogens is 239 g/mol. The number of unbranched alkanes of at least 4 members (excludes halogenated alkanes) is 2. The van der Waals surface area contributed by atoms with E-state index < -0.39 is 7.12 Å². The highest BCUT2D eigenvalue weighted by Gasteiger charge is 2.04. The number of aryl methyl sites for hydroxylation is 1. The van der Waals surface area contributed by atoms with Crippen LogP contribution in [0.25, 0.3) is 6.08 Å². The second kappa shape index (κ2) is 8.61. The van der Waals surface area contributed by atoms with Gasteiger partial charge < -0.3 is 21.1 Å². The van der Waals surface area contributed by atoms with E-state index in [-0.39, 0.29) is 0 Å². The summed E-state index contributed by atoms with van der Waals surface area (Å²) < 4.78 is 0. The Balaban J connectivity index is 2.20. The predicted octanol–water partition coefficient (Wildman–Crippen LogP) is 1.78. The molecule has 0 aliphatic carbocycles. The molecule has 0 fully saturated rings. The smallest absolute Gasteiger partial charge is 0.427 e. The van der Waals surface area contributed by atoms with Crippen molar-refractivity contribution >= 4 is 18.9 Å². The van der Waals surface area contributed by atoms with Crippen LogP contribution in [0.15, 0.2) is 24.4 Å². The SMILES string of the molecule is Cc1cccc(N)c1/C=C\NCCCCCB(O)O. The molecule has 0 amide bonds. The quantitative estimate of drug-likeness (QED) is 0.327. The third kappa shape index (κ3) is 6.31. The maximum Gasteiger partial charge on any atom is 0.451 e. The van der Waals surface area contributed by atoms with Crippen LogP contribution in [0, 0.1) is 6.92 Å². The Hall–Kier alpha value is -1.46. The largest absolute Gasteiger partial charge is 0.451 e. The number of hydrogen-bond acceptors (Lipinski definition) is 4. The third-order valence-corrected chi connectivity index (χ3v) is 3.01. The minimum absolute atomic E-state index is 0.454. The number of benzene rings is 1. The van der Waals surface area contributed by atoms with Gasteiger partial charge in [-0.05, 0) is 43.6 Å². The first-order valence-corrected chi connectivity index (χ1v) is 6.72. The van der Waals surface area contributed by atoms with Crippen molar-refractivity contribution in [3.05, 3.63) is 35.5 Å². The van der Waals surface area contributed by atoms with E-state index in [4.69, 9.17) is 15.8 Å². The molecule has 0 heterocycles. The summed E-state index contributed by atoms with van der Waals surface area (Å²) in [6.07, 6.45) is 7.20. The van der Waals surface area contributed by atoms with Crippen LogP contribution >= 0.6 is 0 Å². The number of nitrogen functional groups attached to an aromatic ring is 1. The molecular formula is C14H23BN2O2. The van der Waals surface area contributed by atoms with E-state index in [2.05, 4.69) is 5.32 Å². The van der Waals surface area contributed by atoms with Crippen molar-refractivity contribution in [2.75, 3.05) is 12.3 Å². The standard InChI is InChI=1S/C14H23BN2O2/c1-12-6-5-7-14(16)13(12)8-11-17-10-4-2-3-9-15(18)19/h5-8,11,17-19H,2-4,9-10,16H2,1H3/b11-8-. The van der Waals surface area contributed by atoms with Crippen LogP contribution in [0.3, 0.4) is 0 Å². The normalized spacial score (nSPS) is 10.9. The van der Waals surface area contributed by atoms with Gasteiger partial charge in [0.1, 0.15) is 0 Å². The van der Waals surface area contributed by atoms with Crippen molar-refractivity contribution in [1.29, 1.82) is 0 Å². The second-order valence-electron chi connectivity index (χ2n) is 4.70. The first-order chi connectivity index (χ1) is 9.11. The van der Waals surface area contributed by atoms with Crippen LogP contribution in [0.2, 0.25) is 6.32 Å². The van der Waals surface area contributed by atoms with Crippen LogP contribution in [0.4, 0.5) is 5.69 Å². The zero-order chi connectivity index (χ0) is 14.1. The minimum Gasteiger partial charge on any atom is -0.427 e. The monoisotopic (exact) mass is 262 g/mol. The summed E-state index contributed by atoms with van der Waals surface area (Å²) in [5.74, 6) is 0. The average Bonchev–Trinajstić information content (AvgIpc) is 2.35. The molecule has 0 aromatic heterocycles. The topological polar surface area (TPSA) is 78.5 Å². The second-order valence-corrected chi connectivity index (χ2v) is 4.70. The summed E-state index contributed by atoms with van der Waals surface area (Å²) in [5, 5.41) is 20.6. The van der Waals surface area contributed by atoms with Gasteiger partial charge in [0.05, 0.1) is 0 Å². The Kier molecular flexibility index (Phi) is 7.07. The Labute approximate surface area is 115 Å². The summed E-state index contributed by atoms with van der Waals surface area (Å²) in [4.78, 5) is 0. The molecule has 5 N–H and O–H groups in total. The molecule has 0 bridgehead atoms. The molecule has 0 spiro atoms. The fourth-order valence-electron chi connectivity index (χ4n) is 1.89. The molecule has 5 heteroatoms. The summed E-state index contributed by atoms with van der Waals surface area (Å²) >= 11 is 0. The van der Waals surface area contributed by atoms with Crippen molar-refractivity contribution in [2.45, 2.75) is 32.5 Å². The first kappa shape index (κ1) is 15.6. The number of anilines is 1. The molecule has 4 nitrogen and oxygen atoms in total. The van der Waals surface area contributed by atoms with E-state index in [1.165, 1.54) is 0 Å². The molecule has 0 atom stereocenters. The van der Waals surface area contributed by atoms with E-state index in [0.717, 1.165) is 42.6 Å². The van der Waals surface area contributed by atoms with E-state index >= 15 is 0 Å². The van der Waals surface area contributed by atoms with Gasteiger partial charge in [-0.3, -0.25) is 0 Å². The Morgan fingerprint density at radius 1 is 1.26 bits per heavy atom. The number of hydrogen-bond donors (Lipinski definition) is 4. The molecule has 0 aliphatic rings. The molecule has 0 aliphatic heterocycles. The van der Waals surface area contributed by atoms with Crippen LogP contribution in [0.1, 0.15) is 30.4 Å². The van der Waals surface area contributed by atoms with Gasteiger partial charge in [-0.25, -0.2) is 0 Å². The zero-order valence-electron chi connectivity index (χ0n) is 11.5. The van der Waals surface area contributed by atoms with Gasteiger partial charge in [0, 0.05) is 17.8 Å². The summed E-state index contributed by atoms with van der Waals surface area (Å²) in [7, 11) is -1.17. The average molecular weight is 262 g/mol. The highest BCUT2D eigenvalue weighted by molar-refractivity contribution is 6.40. The van der Waals surface area contributed by atoms with Crippen molar-refractivity contribution < 1.29 is 10.0 Å². The molecule has 0 unspecified atom stereocenters. The third-order valence-electron chi connectivity index (χ3n) is 3.01. The Bertz CT molecular complexity index is 388. The molecule has 0 saturated carbocycles.